The van der Waals surface area contributed by atoms with Gasteiger partial charge in [0.25, 0.3) is 0 Å². The van der Waals surface area contributed by atoms with Crippen LogP contribution in [0.15, 0.2) is 17.4 Å². The van der Waals surface area contributed by atoms with E-state index in [0.717, 1.165) is 0 Å². The molecular weight excluding hydrogens is 144 g/mol. The zero-order chi connectivity index (χ0) is 8.10. The predicted octanol–water partition coefficient (Wildman–Crippen LogP) is -0.626. The Labute approximate surface area is 63.5 Å². The topological polar surface area (TPSA) is 73.6 Å². The summed E-state index contributed by atoms with van der Waals surface area (Å²) in [5.41, 5.74) is -0.277. The van der Waals surface area contributed by atoms with Crippen molar-refractivity contribution in [2.24, 2.45) is 0 Å². The van der Waals surface area contributed by atoms with Crippen molar-refractivity contribution >= 4 is 0 Å². The molecule has 0 amide bonds. The molecule has 5 heteroatoms. The van der Waals surface area contributed by atoms with Gasteiger partial charge in [0.15, 0.2) is 0 Å². The van der Waals surface area contributed by atoms with E-state index in [0.29, 0.717) is 18.9 Å². The monoisotopic (exact) mass is 154 g/mol. The Balaban J connectivity index is 2.38. The lowest BCUT2D eigenvalue weighted by Gasteiger charge is -1.94. The molecule has 1 heterocycles. The normalized spacial score (nSPS) is 9.82. The fourth-order valence-corrected chi connectivity index (χ4v) is 0.682. The molecule has 5 nitrogen and oxygen atoms in total. The summed E-state index contributed by atoms with van der Waals surface area (Å²) >= 11 is 0. The van der Waals surface area contributed by atoms with E-state index >= 15 is 0 Å². The van der Waals surface area contributed by atoms with Crippen LogP contribution in [-0.2, 0) is 6.54 Å². The van der Waals surface area contributed by atoms with E-state index in [9.17, 15) is 4.79 Å². The first-order valence-electron chi connectivity index (χ1n) is 3.28. The maximum Gasteiger partial charge on any atom is 0.340 e. The molecule has 0 aliphatic heterocycles. The molecular formula is C6H10N4O. The minimum atomic E-state index is -0.277. The van der Waals surface area contributed by atoms with Crippen LogP contribution in [0, 0.1) is 0 Å². The van der Waals surface area contributed by atoms with Crippen LogP contribution in [0.5, 0.6) is 0 Å². The lowest BCUT2D eigenvalue weighted by atomic mass is 10.5. The van der Waals surface area contributed by atoms with Crippen molar-refractivity contribution in [1.82, 2.24) is 20.5 Å². The number of aromatic amines is 2. The molecule has 0 saturated heterocycles. The largest absolute Gasteiger partial charge is 0.340 e. The van der Waals surface area contributed by atoms with Crippen LogP contribution >= 0.6 is 0 Å². The minimum Gasteiger partial charge on any atom is -0.306 e. The van der Waals surface area contributed by atoms with Gasteiger partial charge in [-0.25, -0.2) is 9.89 Å². The highest BCUT2D eigenvalue weighted by Gasteiger charge is 1.94. The van der Waals surface area contributed by atoms with Crippen molar-refractivity contribution in [3.8, 4) is 0 Å². The minimum absolute atomic E-state index is 0.277. The Bertz CT molecular complexity index is 274. The van der Waals surface area contributed by atoms with E-state index in [1.807, 2.05) is 0 Å². The first kappa shape index (κ1) is 7.74. The molecule has 1 aromatic rings. The third-order valence-electron chi connectivity index (χ3n) is 1.13. The molecule has 0 unspecified atom stereocenters. The molecule has 0 fully saturated rings. The number of nitrogens with one attached hydrogen (secondary N) is 3. The summed E-state index contributed by atoms with van der Waals surface area (Å²) in [5.74, 6) is 0.608. The van der Waals surface area contributed by atoms with E-state index in [2.05, 4.69) is 27.1 Å². The van der Waals surface area contributed by atoms with Crippen molar-refractivity contribution in [2.45, 2.75) is 6.54 Å². The number of aromatic nitrogens is 3. The van der Waals surface area contributed by atoms with Gasteiger partial charge in [-0.05, 0) is 0 Å². The van der Waals surface area contributed by atoms with Gasteiger partial charge in [0.05, 0.1) is 6.54 Å². The summed E-state index contributed by atoms with van der Waals surface area (Å²) in [6.45, 7) is 4.78. The number of H-pyrrole nitrogens is 2. The summed E-state index contributed by atoms with van der Waals surface area (Å²) in [4.78, 5) is 13.0. The fourth-order valence-electron chi connectivity index (χ4n) is 0.682. The van der Waals surface area contributed by atoms with Crippen molar-refractivity contribution in [3.63, 3.8) is 0 Å². The maximum atomic E-state index is 10.5. The molecule has 0 bridgehead atoms. The predicted molar refractivity (Wildman–Crippen MR) is 41.1 cm³/mol. The number of hydrogen-bond donors (Lipinski definition) is 3. The van der Waals surface area contributed by atoms with Gasteiger partial charge >= 0.3 is 5.69 Å². The Hall–Kier alpha value is -1.36. The molecule has 0 aliphatic rings. The van der Waals surface area contributed by atoms with Gasteiger partial charge in [0, 0.05) is 6.54 Å². The van der Waals surface area contributed by atoms with Crippen LogP contribution in [0.25, 0.3) is 0 Å². The summed E-state index contributed by atoms with van der Waals surface area (Å²) in [5, 5.41) is 8.96. The highest BCUT2D eigenvalue weighted by molar-refractivity contribution is 4.80. The maximum absolute atomic E-state index is 10.5. The van der Waals surface area contributed by atoms with Crippen LogP contribution in [0.2, 0.25) is 0 Å². The van der Waals surface area contributed by atoms with Gasteiger partial charge in [0.2, 0.25) is 0 Å². The summed E-state index contributed by atoms with van der Waals surface area (Å²) in [7, 11) is 0. The number of rotatable bonds is 4. The molecule has 3 N–H and O–H groups in total. The molecule has 0 spiro atoms. The van der Waals surface area contributed by atoms with Crippen LogP contribution in [0.4, 0.5) is 0 Å². The standard InChI is InChI=1S/C6H10N4O/c1-2-3-7-4-5-8-6(11)10-9-5/h2,7H,1,3-4H2,(H2,8,9,10,11). The second-order valence-electron chi connectivity index (χ2n) is 2.04. The molecule has 0 saturated carbocycles. The lowest BCUT2D eigenvalue weighted by Crippen LogP contribution is -2.14. The third kappa shape index (κ3) is 2.38. The Morgan fingerprint density at radius 1 is 1.73 bits per heavy atom. The fraction of sp³-hybridized carbons (Fsp3) is 0.333. The second-order valence-corrected chi connectivity index (χ2v) is 2.04. The molecule has 60 valence electrons. The summed E-state index contributed by atoms with van der Waals surface area (Å²) in [6, 6.07) is 0. The van der Waals surface area contributed by atoms with Crippen molar-refractivity contribution < 1.29 is 0 Å². The zero-order valence-electron chi connectivity index (χ0n) is 6.05. The van der Waals surface area contributed by atoms with Crippen LogP contribution < -0.4 is 11.0 Å². The molecule has 1 rings (SSSR count). The third-order valence-corrected chi connectivity index (χ3v) is 1.13. The average Bonchev–Trinajstić information content (AvgIpc) is 2.37. The molecule has 0 atom stereocenters. The Morgan fingerprint density at radius 2 is 2.55 bits per heavy atom. The average molecular weight is 154 g/mol. The van der Waals surface area contributed by atoms with Crippen molar-refractivity contribution in [1.29, 1.82) is 0 Å². The highest BCUT2D eigenvalue weighted by Crippen LogP contribution is 1.78. The van der Waals surface area contributed by atoms with Gasteiger partial charge in [-0.1, -0.05) is 6.08 Å². The summed E-state index contributed by atoms with van der Waals surface area (Å²) in [6.07, 6.45) is 1.74. The Kier molecular flexibility index (Phi) is 2.62. The van der Waals surface area contributed by atoms with Crippen molar-refractivity contribution in [2.75, 3.05) is 6.54 Å². The highest BCUT2D eigenvalue weighted by atomic mass is 16.1. The quantitative estimate of drug-likeness (QED) is 0.399. The van der Waals surface area contributed by atoms with Gasteiger partial charge < -0.3 is 5.32 Å². The van der Waals surface area contributed by atoms with Gasteiger partial charge in [-0.3, -0.25) is 4.98 Å². The van der Waals surface area contributed by atoms with E-state index in [1.165, 1.54) is 0 Å². The first-order chi connectivity index (χ1) is 5.33. The van der Waals surface area contributed by atoms with E-state index < -0.39 is 0 Å². The van der Waals surface area contributed by atoms with Gasteiger partial charge in [-0.15, -0.1) is 6.58 Å². The SMILES string of the molecule is C=CCNCc1n[nH]c(=O)[nH]1. The molecule has 0 aromatic carbocycles. The van der Waals surface area contributed by atoms with Crippen molar-refractivity contribution in [3.05, 3.63) is 29.0 Å². The van der Waals surface area contributed by atoms with Gasteiger partial charge in [0.1, 0.15) is 5.82 Å². The van der Waals surface area contributed by atoms with E-state index in [-0.39, 0.29) is 5.69 Å². The number of hydrogen-bond acceptors (Lipinski definition) is 3. The van der Waals surface area contributed by atoms with Gasteiger partial charge in [-0.2, -0.15) is 5.10 Å². The molecule has 0 aliphatic carbocycles. The summed E-state index contributed by atoms with van der Waals surface area (Å²) < 4.78 is 0. The smallest absolute Gasteiger partial charge is 0.306 e. The van der Waals surface area contributed by atoms with Crippen LogP contribution in [0.1, 0.15) is 5.82 Å². The molecule has 0 radical (unpaired) electrons. The van der Waals surface area contributed by atoms with Crippen LogP contribution in [-0.4, -0.2) is 21.7 Å². The Morgan fingerprint density at radius 3 is 3.09 bits per heavy atom. The zero-order valence-corrected chi connectivity index (χ0v) is 6.05. The molecule has 1 aromatic heterocycles. The van der Waals surface area contributed by atoms with E-state index in [4.69, 9.17) is 0 Å². The first-order valence-corrected chi connectivity index (χ1v) is 3.28. The number of nitrogens with zero attached hydrogens (tertiary/aromatic N) is 1. The second kappa shape index (κ2) is 3.72. The lowest BCUT2D eigenvalue weighted by molar-refractivity contribution is 0.719. The van der Waals surface area contributed by atoms with E-state index in [1.54, 1.807) is 6.08 Å². The van der Waals surface area contributed by atoms with Crippen LogP contribution in [0.3, 0.4) is 0 Å². The molecule has 11 heavy (non-hydrogen) atoms.